The highest BCUT2D eigenvalue weighted by Gasteiger charge is 2.22. The molecule has 0 saturated carbocycles. The zero-order valence-corrected chi connectivity index (χ0v) is 14.8. The van der Waals surface area contributed by atoms with Gasteiger partial charge in [0, 0.05) is 37.2 Å². The minimum absolute atomic E-state index is 0.0804. The van der Waals surface area contributed by atoms with Crippen molar-refractivity contribution in [3.63, 3.8) is 0 Å². The van der Waals surface area contributed by atoms with E-state index < -0.39 is 0 Å². The molecule has 4 nitrogen and oxygen atoms in total. The number of benzene rings is 2. The molecule has 0 aliphatic carbocycles. The first kappa shape index (κ1) is 16.8. The third-order valence-electron chi connectivity index (χ3n) is 4.09. The van der Waals surface area contributed by atoms with Gasteiger partial charge in [0.25, 0.3) is 0 Å². The molecule has 0 radical (unpaired) electrons. The second-order valence-electron chi connectivity index (χ2n) is 5.71. The maximum Gasteiger partial charge on any atom is 0.317 e. The first-order valence-electron chi connectivity index (χ1n) is 7.90. The monoisotopic (exact) mass is 391 g/mol. The Balaban J connectivity index is 1.51. The first-order valence-corrected chi connectivity index (χ1v) is 8.69. The van der Waals surface area contributed by atoms with Crippen LogP contribution in [0.5, 0.6) is 0 Å². The first-order chi connectivity index (χ1) is 11.6. The van der Waals surface area contributed by atoms with Gasteiger partial charge in [0.05, 0.1) is 5.69 Å². The number of para-hydroxylation sites is 1. The van der Waals surface area contributed by atoms with Gasteiger partial charge < -0.3 is 15.1 Å². The molecule has 1 heterocycles. The van der Waals surface area contributed by atoms with Gasteiger partial charge in [0.15, 0.2) is 0 Å². The van der Waals surface area contributed by atoms with Crippen molar-refractivity contribution in [2.24, 2.45) is 0 Å². The molecule has 6 heteroatoms. The standard InChI is InChI=1S/C18H19BrFN3O/c19-15-5-3-4-14(12-15)13-21-18(24)23-10-8-22(9-11-23)17-7-2-1-6-16(17)20/h1-7,12H,8-11,13H2,(H,21,24). The van der Waals surface area contributed by atoms with Crippen LogP contribution in [0.1, 0.15) is 5.56 Å². The van der Waals surface area contributed by atoms with E-state index in [-0.39, 0.29) is 11.8 Å². The van der Waals surface area contributed by atoms with E-state index >= 15 is 0 Å². The lowest BCUT2D eigenvalue weighted by Gasteiger charge is -2.36. The summed E-state index contributed by atoms with van der Waals surface area (Å²) >= 11 is 3.42. The van der Waals surface area contributed by atoms with Crippen LogP contribution in [0, 0.1) is 5.82 Å². The lowest BCUT2D eigenvalue weighted by atomic mass is 10.2. The van der Waals surface area contributed by atoms with Crippen LogP contribution in [0.15, 0.2) is 53.0 Å². The summed E-state index contributed by atoms with van der Waals surface area (Å²) in [6.45, 7) is 2.92. The smallest absolute Gasteiger partial charge is 0.317 e. The van der Waals surface area contributed by atoms with Crippen LogP contribution >= 0.6 is 15.9 Å². The van der Waals surface area contributed by atoms with E-state index in [9.17, 15) is 9.18 Å². The fraction of sp³-hybridized carbons (Fsp3) is 0.278. The molecule has 0 spiro atoms. The maximum absolute atomic E-state index is 13.8. The SMILES string of the molecule is O=C(NCc1cccc(Br)c1)N1CCN(c2ccccc2F)CC1. The molecule has 0 aromatic heterocycles. The van der Waals surface area contributed by atoms with Crippen LogP contribution in [0.3, 0.4) is 0 Å². The summed E-state index contributed by atoms with van der Waals surface area (Å²) in [7, 11) is 0. The van der Waals surface area contributed by atoms with Gasteiger partial charge >= 0.3 is 6.03 Å². The van der Waals surface area contributed by atoms with Crippen molar-refractivity contribution in [2.45, 2.75) is 6.54 Å². The molecule has 2 aromatic rings. The zero-order valence-electron chi connectivity index (χ0n) is 13.2. The topological polar surface area (TPSA) is 35.6 Å². The van der Waals surface area contributed by atoms with E-state index in [1.807, 2.05) is 35.2 Å². The third-order valence-corrected chi connectivity index (χ3v) is 4.59. The summed E-state index contributed by atoms with van der Waals surface area (Å²) in [6, 6.07) is 14.5. The average Bonchev–Trinajstić information content (AvgIpc) is 2.60. The minimum Gasteiger partial charge on any atom is -0.366 e. The van der Waals surface area contributed by atoms with Crippen LogP contribution < -0.4 is 10.2 Å². The van der Waals surface area contributed by atoms with Crippen molar-refractivity contribution >= 4 is 27.6 Å². The molecule has 24 heavy (non-hydrogen) atoms. The molecule has 1 saturated heterocycles. The fourth-order valence-electron chi connectivity index (χ4n) is 2.80. The number of rotatable bonds is 3. The van der Waals surface area contributed by atoms with Gasteiger partial charge in [-0.15, -0.1) is 0 Å². The second kappa shape index (κ2) is 7.66. The molecular formula is C18H19BrFN3O. The lowest BCUT2D eigenvalue weighted by molar-refractivity contribution is 0.194. The number of hydrogen-bond acceptors (Lipinski definition) is 2. The second-order valence-corrected chi connectivity index (χ2v) is 6.63. The van der Waals surface area contributed by atoms with E-state index in [0.29, 0.717) is 38.4 Å². The summed E-state index contributed by atoms with van der Waals surface area (Å²) in [4.78, 5) is 16.0. The Labute approximate surface area is 149 Å². The number of carbonyl (C=O) groups excluding carboxylic acids is 1. The molecule has 3 rings (SSSR count). The van der Waals surface area contributed by atoms with Crippen LogP contribution in [-0.4, -0.2) is 37.1 Å². The largest absolute Gasteiger partial charge is 0.366 e. The number of hydrogen-bond donors (Lipinski definition) is 1. The Bertz CT molecular complexity index is 717. The van der Waals surface area contributed by atoms with Gasteiger partial charge in [-0.3, -0.25) is 0 Å². The summed E-state index contributed by atoms with van der Waals surface area (Å²) in [5.41, 5.74) is 1.65. The quantitative estimate of drug-likeness (QED) is 0.866. The average molecular weight is 392 g/mol. The summed E-state index contributed by atoms with van der Waals surface area (Å²) in [6.07, 6.45) is 0. The fourth-order valence-corrected chi connectivity index (χ4v) is 3.24. The zero-order chi connectivity index (χ0) is 16.9. The van der Waals surface area contributed by atoms with Crippen molar-refractivity contribution in [3.8, 4) is 0 Å². The van der Waals surface area contributed by atoms with Gasteiger partial charge in [0.2, 0.25) is 0 Å². The Morgan fingerprint density at radius 2 is 1.83 bits per heavy atom. The molecule has 0 atom stereocenters. The van der Waals surface area contributed by atoms with Gasteiger partial charge in [0.1, 0.15) is 5.82 Å². The number of anilines is 1. The van der Waals surface area contributed by atoms with Gasteiger partial charge in [-0.2, -0.15) is 0 Å². The summed E-state index contributed by atoms with van der Waals surface area (Å²) in [5, 5.41) is 2.94. The third kappa shape index (κ3) is 4.06. The predicted octanol–water partition coefficient (Wildman–Crippen LogP) is 3.62. The summed E-state index contributed by atoms with van der Waals surface area (Å²) in [5.74, 6) is -0.218. The molecular weight excluding hydrogens is 373 g/mol. The van der Waals surface area contributed by atoms with Gasteiger partial charge in [-0.25, -0.2) is 9.18 Å². The molecule has 126 valence electrons. The Hall–Kier alpha value is -2.08. The van der Waals surface area contributed by atoms with Gasteiger partial charge in [-0.05, 0) is 29.8 Å². The molecule has 2 amide bonds. The molecule has 1 aliphatic rings. The Morgan fingerprint density at radius 1 is 1.08 bits per heavy atom. The number of amides is 2. The van der Waals surface area contributed by atoms with Crippen LogP contribution in [-0.2, 0) is 6.54 Å². The highest BCUT2D eigenvalue weighted by Crippen LogP contribution is 2.20. The Morgan fingerprint density at radius 3 is 2.54 bits per heavy atom. The highest BCUT2D eigenvalue weighted by molar-refractivity contribution is 9.10. The number of nitrogens with zero attached hydrogens (tertiary/aromatic N) is 2. The lowest BCUT2D eigenvalue weighted by Crippen LogP contribution is -2.51. The Kier molecular flexibility index (Phi) is 5.35. The van der Waals surface area contributed by atoms with Crippen molar-refractivity contribution in [3.05, 3.63) is 64.4 Å². The van der Waals surface area contributed by atoms with Crippen molar-refractivity contribution < 1.29 is 9.18 Å². The number of halogens is 2. The van der Waals surface area contributed by atoms with Crippen LogP contribution in [0.2, 0.25) is 0 Å². The molecule has 2 aromatic carbocycles. The molecule has 1 N–H and O–H groups in total. The van der Waals surface area contributed by atoms with E-state index in [4.69, 9.17) is 0 Å². The number of urea groups is 1. The van der Waals surface area contributed by atoms with Crippen molar-refractivity contribution in [1.82, 2.24) is 10.2 Å². The molecule has 1 aliphatic heterocycles. The van der Waals surface area contributed by atoms with E-state index in [2.05, 4.69) is 21.2 Å². The number of nitrogens with one attached hydrogen (secondary N) is 1. The number of carbonyl (C=O) groups is 1. The molecule has 1 fully saturated rings. The van der Waals surface area contributed by atoms with E-state index in [0.717, 1.165) is 10.0 Å². The minimum atomic E-state index is -0.218. The summed E-state index contributed by atoms with van der Waals surface area (Å²) < 4.78 is 14.8. The van der Waals surface area contributed by atoms with Crippen molar-refractivity contribution in [2.75, 3.05) is 31.1 Å². The van der Waals surface area contributed by atoms with E-state index in [1.54, 1.807) is 17.0 Å². The van der Waals surface area contributed by atoms with Crippen LogP contribution in [0.4, 0.5) is 14.9 Å². The van der Waals surface area contributed by atoms with Crippen molar-refractivity contribution in [1.29, 1.82) is 0 Å². The normalized spacial score (nSPS) is 14.6. The van der Waals surface area contributed by atoms with Crippen LogP contribution in [0.25, 0.3) is 0 Å². The highest BCUT2D eigenvalue weighted by atomic mass is 79.9. The van der Waals surface area contributed by atoms with Gasteiger partial charge in [-0.1, -0.05) is 40.2 Å². The molecule has 0 bridgehead atoms. The predicted molar refractivity (Wildman–Crippen MR) is 96.6 cm³/mol. The van der Waals surface area contributed by atoms with E-state index in [1.165, 1.54) is 6.07 Å². The maximum atomic E-state index is 13.8. The number of piperazine rings is 1. The molecule has 0 unspecified atom stereocenters.